The molecule has 2 aromatic carbocycles. The van der Waals surface area contributed by atoms with E-state index < -0.39 is 18.5 Å². The number of rotatable bonds is 5. The molecule has 1 amide bonds. The predicted molar refractivity (Wildman–Crippen MR) is 101 cm³/mol. The molecule has 0 saturated heterocycles. The summed E-state index contributed by atoms with van der Waals surface area (Å²) in [6.45, 7) is -0.435. The van der Waals surface area contributed by atoms with E-state index in [1.54, 1.807) is 25.3 Å². The van der Waals surface area contributed by atoms with Gasteiger partial charge in [0, 0.05) is 5.39 Å². The number of nitrogens with zero attached hydrogens (tertiary/aromatic N) is 1. The van der Waals surface area contributed by atoms with Crippen LogP contribution < -0.4 is 10.1 Å². The van der Waals surface area contributed by atoms with Crippen LogP contribution >= 0.6 is 11.3 Å². The molecule has 27 heavy (non-hydrogen) atoms. The SMILES string of the molecule is COc1ccc2nc(NC(=O)COC(=O)c3cc4ccccc4o3)sc2c1. The Morgan fingerprint density at radius 1 is 1.19 bits per heavy atom. The number of esters is 1. The Morgan fingerprint density at radius 3 is 2.85 bits per heavy atom. The van der Waals surface area contributed by atoms with E-state index in [9.17, 15) is 9.59 Å². The summed E-state index contributed by atoms with van der Waals surface area (Å²) < 4.78 is 16.5. The van der Waals surface area contributed by atoms with Crippen molar-refractivity contribution in [1.29, 1.82) is 0 Å². The number of carbonyl (C=O) groups excluding carboxylic acids is 2. The van der Waals surface area contributed by atoms with Crippen molar-refractivity contribution in [2.75, 3.05) is 19.0 Å². The summed E-state index contributed by atoms with van der Waals surface area (Å²) in [6.07, 6.45) is 0. The van der Waals surface area contributed by atoms with Gasteiger partial charge in [-0.05, 0) is 30.3 Å². The molecule has 8 heteroatoms. The second kappa shape index (κ2) is 7.08. The zero-order valence-electron chi connectivity index (χ0n) is 14.2. The first-order chi connectivity index (χ1) is 13.1. The molecule has 1 N–H and O–H groups in total. The van der Waals surface area contributed by atoms with Gasteiger partial charge in [-0.2, -0.15) is 0 Å². The maximum absolute atomic E-state index is 12.1. The van der Waals surface area contributed by atoms with Crippen molar-refractivity contribution in [3.8, 4) is 5.75 Å². The van der Waals surface area contributed by atoms with Crippen molar-refractivity contribution in [3.63, 3.8) is 0 Å². The van der Waals surface area contributed by atoms with Crippen molar-refractivity contribution in [2.45, 2.75) is 0 Å². The number of anilines is 1. The summed E-state index contributed by atoms with van der Waals surface area (Å²) in [5.74, 6) is -0.416. The summed E-state index contributed by atoms with van der Waals surface area (Å²) in [4.78, 5) is 28.4. The van der Waals surface area contributed by atoms with Crippen molar-refractivity contribution < 1.29 is 23.5 Å². The van der Waals surface area contributed by atoms with Gasteiger partial charge in [-0.1, -0.05) is 29.5 Å². The van der Waals surface area contributed by atoms with Gasteiger partial charge in [0.15, 0.2) is 11.7 Å². The molecule has 0 aliphatic rings. The molecule has 4 aromatic rings. The average molecular weight is 382 g/mol. The molecule has 0 radical (unpaired) electrons. The van der Waals surface area contributed by atoms with Gasteiger partial charge in [0.1, 0.15) is 11.3 Å². The summed E-state index contributed by atoms with van der Waals surface area (Å²) in [5, 5.41) is 3.83. The lowest BCUT2D eigenvalue weighted by molar-refractivity contribution is -0.119. The zero-order chi connectivity index (χ0) is 18.8. The average Bonchev–Trinajstić information content (AvgIpc) is 3.28. The number of furan rings is 1. The number of hydrogen-bond acceptors (Lipinski definition) is 7. The lowest BCUT2D eigenvalue weighted by atomic mass is 10.2. The quantitative estimate of drug-likeness (QED) is 0.527. The topological polar surface area (TPSA) is 90.7 Å². The molecule has 7 nitrogen and oxygen atoms in total. The summed E-state index contributed by atoms with van der Waals surface area (Å²) in [6, 6.07) is 14.2. The molecule has 2 aromatic heterocycles. The number of carbonyl (C=O) groups is 2. The number of para-hydroxylation sites is 1. The lowest BCUT2D eigenvalue weighted by Crippen LogP contribution is -2.20. The van der Waals surface area contributed by atoms with Crippen LogP contribution in [0.4, 0.5) is 5.13 Å². The molecule has 0 aliphatic carbocycles. The van der Waals surface area contributed by atoms with E-state index in [-0.39, 0.29) is 5.76 Å². The molecule has 0 saturated carbocycles. The Balaban J connectivity index is 1.38. The summed E-state index contributed by atoms with van der Waals surface area (Å²) in [7, 11) is 1.58. The third-order valence-corrected chi connectivity index (χ3v) is 4.74. The lowest BCUT2D eigenvalue weighted by Gasteiger charge is -2.02. The number of nitrogens with one attached hydrogen (secondary N) is 1. The minimum Gasteiger partial charge on any atom is -0.497 e. The monoisotopic (exact) mass is 382 g/mol. The second-order valence-electron chi connectivity index (χ2n) is 5.63. The Bertz CT molecular complexity index is 1110. The molecular weight excluding hydrogens is 368 g/mol. The molecule has 0 fully saturated rings. The minimum absolute atomic E-state index is 0.0519. The van der Waals surface area contributed by atoms with E-state index in [2.05, 4.69) is 10.3 Å². The fourth-order valence-electron chi connectivity index (χ4n) is 2.53. The Hall–Kier alpha value is -3.39. The highest BCUT2D eigenvalue weighted by Crippen LogP contribution is 2.29. The predicted octanol–water partition coefficient (Wildman–Crippen LogP) is 3.85. The van der Waals surface area contributed by atoms with Crippen LogP contribution in [-0.4, -0.2) is 30.6 Å². The number of thiazole rings is 1. The maximum Gasteiger partial charge on any atom is 0.374 e. The van der Waals surface area contributed by atoms with Gasteiger partial charge >= 0.3 is 5.97 Å². The van der Waals surface area contributed by atoms with Crippen molar-refractivity contribution in [3.05, 3.63) is 54.3 Å². The van der Waals surface area contributed by atoms with Crippen LogP contribution in [0, 0.1) is 0 Å². The third kappa shape index (κ3) is 3.61. The standard InChI is InChI=1S/C19H14N2O5S/c1-24-12-6-7-13-16(9-12)27-19(20-13)21-17(22)10-25-18(23)15-8-11-4-2-3-5-14(11)26-15/h2-9H,10H2,1H3,(H,20,21,22). The fraction of sp³-hybridized carbons (Fsp3) is 0.105. The zero-order valence-corrected chi connectivity index (χ0v) is 15.0. The first kappa shape index (κ1) is 17.0. The number of amides is 1. The van der Waals surface area contributed by atoms with E-state index in [1.807, 2.05) is 30.3 Å². The van der Waals surface area contributed by atoms with Gasteiger partial charge in [0.25, 0.3) is 5.91 Å². The molecule has 0 unspecified atom stereocenters. The highest BCUT2D eigenvalue weighted by Gasteiger charge is 2.16. The van der Waals surface area contributed by atoms with Crippen LogP contribution in [0.1, 0.15) is 10.6 Å². The molecule has 0 atom stereocenters. The smallest absolute Gasteiger partial charge is 0.374 e. The number of ether oxygens (including phenoxy) is 2. The van der Waals surface area contributed by atoms with Gasteiger partial charge < -0.3 is 13.9 Å². The maximum atomic E-state index is 12.1. The third-order valence-electron chi connectivity index (χ3n) is 3.80. The number of methoxy groups -OCH3 is 1. The normalized spacial score (nSPS) is 10.9. The van der Waals surface area contributed by atoms with Crippen LogP contribution in [0.2, 0.25) is 0 Å². The van der Waals surface area contributed by atoms with Gasteiger partial charge in [0.05, 0.1) is 17.3 Å². The van der Waals surface area contributed by atoms with E-state index in [0.717, 1.165) is 15.6 Å². The Labute approximate surface area is 157 Å². The molecule has 0 bridgehead atoms. The molecule has 0 aliphatic heterocycles. The number of hydrogen-bond donors (Lipinski definition) is 1. The van der Waals surface area contributed by atoms with E-state index in [1.165, 1.54) is 11.3 Å². The first-order valence-corrected chi connectivity index (χ1v) is 8.84. The van der Waals surface area contributed by atoms with E-state index in [4.69, 9.17) is 13.9 Å². The first-order valence-electron chi connectivity index (χ1n) is 8.02. The van der Waals surface area contributed by atoms with Gasteiger partial charge in [0.2, 0.25) is 5.76 Å². The van der Waals surface area contributed by atoms with Gasteiger partial charge in [-0.25, -0.2) is 9.78 Å². The van der Waals surface area contributed by atoms with Crippen LogP contribution in [0.25, 0.3) is 21.2 Å². The fourth-order valence-corrected chi connectivity index (χ4v) is 3.44. The second-order valence-corrected chi connectivity index (χ2v) is 6.66. The van der Waals surface area contributed by atoms with Crippen LogP contribution in [0.5, 0.6) is 5.75 Å². The molecule has 2 heterocycles. The van der Waals surface area contributed by atoms with Crippen molar-refractivity contribution >= 4 is 49.5 Å². The van der Waals surface area contributed by atoms with Crippen LogP contribution in [0.15, 0.2) is 52.9 Å². The van der Waals surface area contributed by atoms with Crippen molar-refractivity contribution in [1.82, 2.24) is 4.98 Å². The Morgan fingerprint density at radius 2 is 2.04 bits per heavy atom. The van der Waals surface area contributed by atoms with Crippen LogP contribution in [-0.2, 0) is 9.53 Å². The number of aromatic nitrogens is 1. The molecule has 4 rings (SSSR count). The number of benzene rings is 2. The summed E-state index contributed by atoms with van der Waals surface area (Å²) in [5.41, 5.74) is 1.33. The summed E-state index contributed by atoms with van der Waals surface area (Å²) >= 11 is 1.31. The van der Waals surface area contributed by atoms with Crippen LogP contribution in [0.3, 0.4) is 0 Å². The molecule has 136 valence electrons. The van der Waals surface area contributed by atoms with Gasteiger partial charge in [-0.15, -0.1) is 0 Å². The van der Waals surface area contributed by atoms with E-state index >= 15 is 0 Å². The highest BCUT2D eigenvalue weighted by atomic mass is 32.1. The van der Waals surface area contributed by atoms with Crippen molar-refractivity contribution in [2.24, 2.45) is 0 Å². The molecule has 0 spiro atoms. The van der Waals surface area contributed by atoms with Gasteiger partial charge in [-0.3, -0.25) is 10.1 Å². The number of fused-ring (bicyclic) bond motifs is 2. The minimum atomic E-state index is -0.699. The largest absolute Gasteiger partial charge is 0.497 e. The molecular formula is C19H14N2O5S. The van der Waals surface area contributed by atoms with E-state index in [0.29, 0.717) is 16.5 Å². The Kier molecular flexibility index (Phi) is 4.47. The highest BCUT2D eigenvalue weighted by molar-refractivity contribution is 7.22.